The Morgan fingerprint density at radius 2 is 2.26 bits per heavy atom. The van der Waals surface area contributed by atoms with Crippen molar-refractivity contribution in [2.75, 3.05) is 26.7 Å². The van der Waals surface area contributed by atoms with E-state index in [1.54, 1.807) is 6.26 Å². The molecule has 3 rings (SSSR count). The maximum Gasteiger partial charge on any atom is 0.191 e. The Hall–Kier alpha value is -1.49. The molecule has 1 aromatic rings. The molecule has 1 saturated heterocycles. The summed E-state index contributed by atoms with van der Waals surface area (Å²) in [5.74, 6) is 2.80. The lowest BCUT2D eigenvalue weighted by Crippen LogP contribution is -2.43. The van der Waals surface area contributed by atoms with E-state index in [2.05, 4.69) is 33.5 Å². The number of guanidine groups is 1. The molecule has 1 aliphatic carbocycles. The van der Waals surface area contributed by atoms with Crippen LogP contribution in [0, 0.1) is 5.92 Å². The lowest BCUT2D eigenvalue weighted by atomic mass is 10.2. The largest absolute Gasteiger partial charge is 0.468 e. The minimum absolute atomic E-state index is 0.289. The van der Waals surface area contributed by atoms with Gasteiger partial charge in [0, 0.05) is 19.6 Å². The van der Waals surface area contributed by atoms with Crippen LogP contribution in [0.4, 0.5) is 0 Å². The van der Waals surface area contributed by atoms with Crippen molar-refractivity contribution in [3.8, 4) is 0 Å². The number of rotatable bonds is 7. The Morgan fingerprint density at radius 1 is 1.43 bits per heavy atom. The third kappa shape index (κ3) is 4.28. The van der Waals surface area contributed by atoms with Gasteiger partial charge >= 0.3 is 0 Å². The molecular weight excluding hydrogens is 288 g/mol. The van der Waals surface area contributed by atoms with Crippen LogP contribution in [-0.2, 0) is 0 Å². The molecule has 1 aromatic heterocycles. The summed E-state index contributed by atoms with van der Waals surface area (Å²) < 4.78 is 5.67. The van der Waals surface area contributed by atoms with Crippen molar-refractivity contribution >= 4 is 5.96 Å². The molecule has 0 spiro atoms. The van der Waals surface area contributed by atoms with Crippen LogP contribution < -0.4 is 10.6 Å². The normalized spacial score (nSPS) is 26.3. The average Bonchev–Trinajstić information content (AvgIpc) is 3.03. The van der Waals surface area contributed by atoms with E-state index in [-0.39, 0.29) is 6.04 Å². The van der Waals surface area contributed by atoms with Gasteiger partial charge in [-0.15, -0.1) is 0 Å². The third-order valence-electron chi connectivity index (χ3n) is 5.04. The lowest BCUT2D eigenvalue weighted by Gasteiger charge is -2.26. The summed E-state index contributed by atoms with van der Waals surface area (Å²) in [7, 11) is 1.85. The molecule has 3 atom stereocenters. The Bertz CT molecular complexity index is 493. The molecule has 0 aromatic carbocycles. The molecule has 2 fully saturated rings. The van der Waals surface area contributed by atoms with Gasteiger partial charge in [-0.3, -0.25) is 9.89 Å². The fraction of sp³-hybridized carbons (Fsp3) is 0.722. The number of hydrogen-bond acceptors (Lipinski definition) is 3. The second kappa shape index (κ2) is 7.86. The van der Waals surface area contributed by atoms with Crippen molar-refractivity contribution < 1.29 is 4.42 Å². The highest BCUT2D eigenvalue weighted by molar-refractivity contribution is 5.80. The molecule has 23 heavy (non-hydrogen) atoms. The van der Waals surface area contributed by atoms with Crippen LogP contribution in [0.1, 0.15) is 50.8 Å². The first-order chi connectivity index (χ1) is 11.3. The van der Waals surface area contributed by atoms with Crippen LogP contribution in [0.15, 0.2) is 27.8 Å². The van der Waals surface area contributed by atoms with Gasteiger partial charge in [0.2, 0.25) is 0 Å². The standard InChI is InChI=1S/C18H30N4O/c1-3-7-14-12-15(14)21-18(19-2)20-13-16(17-8-6-11-23-17)22-9-4-5-10-22/h6,8,11,14-16H,3-5,7,9-10,12-13H2,1-2H3,(H2,19,20,21). The Labute approximate surface area is 139 Å². The number of nitrogens with one attached hydrogen (secondary N) is 2. The molecule has 2 N–H and O–H groups in total. The smallest absolute Gasteiger partial charge is 0.191 e. The molecule has 0 amide bonds. The fourth-order valence-corrected chi connectivity index (χ4v) is 3.62. The van der Waals surface area contributed by atoms with Crippen LogP contribution in [0.2, 0.25) is 0 Å². The monoisotopic (exact) mass is 318 g/mol. The minimum Gasteiger partial charge on any atom is -0.468 e. The molecular formula is C18H30N4O. The maximum atomic E-state index is 5.67. The van der Waals surface area contributed by atoms with Crippen LogP contribution >= 0.6 is 0 Å². The zero-order chi connectivity index (χ0) is 16.1. The number of aliphatic imine (C=N–C) groups is 1. The summed E-state index contributed by atoms with van der Waals surface area (Å²) in [6.07, 6.45) is 8.20. The number of furan rings is 1. The highest BCUT2D eigenvalue weighted by Crippen LogP contribution is 2.34. The molecule has 1 saturated carbocycles. The zero-order valence-corrected chi connectivity index (χ0v) is 14.4. The average molecular weight is 318 g/mol. The first-order valence-electron chi connectivity index (χ1n) is 9.06. The van der Waals surface area contributed by atoms with Crippen LogP contribution in [-0.4, -0.2) is 43.6 Å². The van der Waals surface area contributed by atoms with Gasteiger partial charge < -0.3 is 15.1 Å². The lowest BCUT2D eigenvalue weighted by molar-refractivity contribution is 0.215. The molecule has 2 aliphatic rings. The summed E-state index contributed by atoms with van der Waals surface area (Å²) >= 11 is 0. The minimum atomic E-state index is 0.289. The topological polar surface area (TPSA) is 52.8 Å². The van der Waals surface area contributed by atoms with Gasteiger partial charge in [-0.2, -0.15) is 0 Å². The summed E-state index contributed by atoms with van der Waals surface area (Å²) in [5, 5.41) is 7.06. The van der Waals surface area contributed by atoms with E-state index in [1.165, 1.54) is 32.1 Å². The molecule has 128 valence electrons. The molecule has 0 radical (unpaired) electrons. The first kappa shape index (κ1) is 16.4. The van der Waals surface area contributed by atoms with Crippen LogP contribution in [0.25, 0.3) is 0 Å². The first-order valence-corrected chi connectivity index (χ1v) is 9.06. The van der Waals surface area contributed by atoms with Crippen molar-refractivity contribution in [3.05, 3.63) is 24.2 Å². The van der Waals surface area contributed by atoms with Crippen LogP contribution in [0.3, 0.4) is 0 Å². The molecule has 0 bridgehead atoms. The van der Waals surface area contributed by atoms with Gasteiger partial charge in [-0.25, -0.2) is 0 Å². The van der Waals surface area contributed by atoms with Crippen molar-refractivity contribution in [1.29, 1.82) is 0 Å². The number of nitrogens with zero attached hydrogens (tertiary/aromatic N) is 2. The molecule has 5 nitrogen and oxygen atoms in total. The highest BCUT2D eigenvalue weighted by atomic mass is 16.3. The van der Waals surface area contributed by atoms with E-state index in [0.29, 0.717) is 6.04 Å². The predicted molar refractivity (Wildman–Crippen MR) is 93.6 cm³/mol. The van der Waals surface area contributed by atoms with Crippen LogP contribution in [0.5, 0.6) is 0 Å². The number of hydrogen-bond donors (Lipinski definition) is 2. The van der Waals surface area contributed by atoms with E-state index < -0.39 is 0 Å². The molecule has 1 aliphatic heterocycles. The third-order valence-corrected chi connectivity index (χ3v) is 5.04. The predicted octanol–water partition coefficient (Wildman–Crippen LogP) is 2.77. The van der Waals surface area contributed by atoms with Gasteiger partial charge in [0.15, 0.2) is 5.96 Å². The maximum absolute atomic E-state index is 5.67. The van der Waals surface area contributed by atoms with Crippen molar-refractivity contribution in [2.45, 2.75) is 51.1 Å². The van der Waals surface area contributed by atoms with Gasteiger partial charge in [-0.1, -0.05) is 13.3 Å². The summed E-state index contributed by atoms with van der Waals surface area (Å²) in [5.41, 5.74) is 0. The van der Waals surface area contributed by atoms with E-state index in [4.69, 9.17) is 4.42 Å². The summed E-state index contributed by atoms with van der Waals surface area (Å²) in [6.45, 7) is 5.39. The SMILES string of the molecule is CCCC1CC1NC(=NC)NCC(c1ccco1)N1CCCC1. The molecule has 5 heteroatoms. The van der Waals surface area contributed by atoms with Gasteiger partial charge in [0.1, 0.15) is 5.76 Å². The van der Waals surface area contributed by atoms with E-state index >= 15 is 0 Å². The van der Waals surface area contributed by atoms with E-state index in [9.17, 15) is 0 Å². The van der Waals surface area contributed by atoms with Crippen molar-refractivity contribution in [3.63, 3.8) is 0 Å². The summed E-state index contributed by atoms with van der Waals surface area (Å²) in [4.78, 5) is 6.90. The highest BCUT2D eigenvalue weighted by Gasteiger charge is 2.36. The Kier molecular flexibility index (Phi) is 5.60. The second-order valence-corrected chi connectivity index (χ2v) is 6.76. The quantitative estimate of drug-likeness (QED) is 0.599. The van der Waals surface area contributed by atoms with Gasteiger partial charge in [0.05, 0.1) is 12.3 Å². The number of likely N-dealkylation sites (tertiary alicyclic amines) is 1. The van der Waals surface area contributed by atoms with E-state index in [1.807, 2.05) is 13.1 Å². The molecule has 2 heterocycles. The van der Waals surface area contributed by atoms with Crippen molar-refractivity contribution in [2.24, 2.45) is 10.9 Å². The Morgan fingerprint density at radius 3 is 2.91 bits per heavy atom. The molecule has 3 unspecified atom stereocenters. The van der Waals surface area contributed by atoms with Gasteiger partial charge in [-0.05, 0) is 56.8 Å². The Balaban J connectivity index is 1.53. The summed E-state index contributed by atoms with van der Waals surface area (Å²) in [6, 6.07) is 4.95. The second-order valence-electron chi connectivity index (χ2n) is 6.76. The van der Waals surface area contributed by atoms with Crippen molar-refractivity contribution in [1.82, 2.24) is 15.5 Å². The zero-order valence-electron chi connectivity index (χ0n) is 14.4. The van der Waals surface area contributed by atoms with Gasteiger partial charge in [0.25, 0.3) is 0 Å². The van der Waals surface area contributed by atoms with E-state index in [0.717, 1.165) is 37.3 Å². The fourth-order valence-electron chi connectivity index (χ4n) is 3.62.